The van der Waals surface area contributed by atoms with Crippen molar-refractivity contribution in [1.29, 1.82) is 0 Å². The summed E-state index contributed by atoms with van der Waals surface area (Å²) in [6, 6.07) is 0. The van der Waals surface area contributed by atoms with E-state index in [1.54, 1.807) is 7.05 Å². The van der Waals surface area contributed by atoms with E-state index in [0.717, 1.165) is 13.1 Å². The highest BCUT2D eigenvalue weighted by atomic mass is 19.3. The molecule has 0 atom stereocenters. The van der Waals surface area contributed by atoms with Crippen LogP contribution in [0, 0.1) is 0 Å². The summed E-state index contributed by atoms with van der Waals surface area (Å²) >= 11 is 0. The molecule has 0 bridgehead atoms. The van der Waals surface area contributed by atoms with E-state index >= 15 is 0 Å². The summed E-state index contributed by atoms with van der Waals surface area (Å²) in [4.78, 5) is 14.2. The maximum atomic E-state index is 12.1. The minimum atomic E-state index is -2.45. The van der Waals surface area contributed by atoms with Gasteiger partial charge in [-0.15, -0.1) is 0 Å². The van der Waals surface area contributed by atoms with Crippen molar-refractivity contribution in [3.05, 3.63) is 0 Å². The van der Waals surface area contributed by atoms with Gasteiger partial charge in [-0.25, -0.2) is 8.78 Å². The molecule has 18 heavy (non-hydrogen) atoms. The summed E-state index contributed by atoms with van der Waals surface area (Å²) in [7, 11) is 1.66. The Kier molecular flexibility index (Phi) is 5.47. The Hall–Kier alpha value is -1.73. The molecule has 0 amide bonds. The van der Waals surface area contributed by atoms with Gasteiger partial charge in [-0.3, -0.25) is 0 Å². The molecule has 0 aliphatic rings. The second kappa shape index (κ2) is 6.87. The Morgan fingerprint density at radius 1 is 1.11 bits per heavy atom. The summed E-state index contributed by atoms with van der Waals surface area (Å²) < 4.78 is 24.3. The van der Waals surface area contributed by atoms with Crippen LogP contribution in [0.2, 0.25) is 0 Å². The average Bonchev–Trinajstić information content (AvgIpc) is 2.37. The van der Waals surface area contributed by atoms with E-state index in [-0.39, 0.29) is 5.95 Å². The molecule has 0 saturated heterocycles. The highest BCUT2D eigenvalue weighted by Crippen LogP contribution is 2.13. The molecule has 0 aliphatic heterocycles. The fourth-order valence-electron chi connectivity index (χ4n) is 1.37. The van der Waals surface area contributed by atoms with Gasteiger partial charge in [0.15, 0.2) is 0 Å². The third-order valence-electron chi connectivity index (χ3n) is 2.31. The zero-order valence-corrected chi connectivity index (χ0v) is 10.7. The summed E-state index contributed by atoms with van der Waals surface area (Å²) in [5.41, 5.74) is 0. The lowest BCUT2D eigenvalue weighted by Gasteiger charge is -2.19. The first kappa shape index (κ1) is 14.3. The van der Waals surface area contributed by atoms with E-state index in [1.807, 2.05) is 18.7 Å². The topological polar surface area (TPSA) is 66.0 Å². The zero-order valence-electron chi connectivity index (χ0n) is 10.7. The molecule has 8 heteroatoms. The van der Waals surface area contributed by atoms with Crippen molar-refractivity contribution in [3.63, 3.8) is 0 Å². The van der Waals surface area contributed by atoms with Gasteiger partial charge in [-0.2, -0.15) is 15.0 Å². The van der Waals surface area contributed by atoms with Gasteiger partial charge in [0, 0.05) is 20.1 Å². The van der Waals surface area contributed by atoms with Crippen LogP contribution in [0.4, 0.5) is 26.6 Å². The van der Waals surface area contributed by atoms with Crippen LogP contribution >= 0.6 is 0 Å². The predicted octanol–water partition coefficient (Wildman–Crippen LogP) is 1.44. The summed E-state index contributed by atoms with van der Waals surface area (Å²) in [6.07, 6.45) is -2.45. The van der Waals surface area contributed by atoms with Crippen LogP contribution in [0.15, 0.2) is 0 Å². The molecular weight excluding hydrogens is 242 g/mol. The van der Waals surface area contributed by atoms with Crippen molar-refractivity contribution in [3.8, 4) is 0 Å². The smallest absolute Gasteiger partial charge is 0.255 e. The standard InChI is InChI=1S/C10H18F2N6/c1-4-18(5-2)10-16-8(13-3)15-9(17-10)14-6-7(11)12/h7H,4-6H2,1-3H3,(H2,13,14,15,16,17). The molecule has 1 aromatic heterocycles. The predicted molar refractivity (Wildman–Crippen MR) is 67.4 cm³/mol. The molecular formula is C10H18F2N6. The quantitative estimate of drug-likeness (QED) is 0.773. The van der Waals surface area contributed by atoms with Crippen molar-refractivity contribution in [2.75, 3.05) is 42.2 Å². The Morgan fingerprint density at radius 2 is 1.72 bits per heavy atom. The lowest BCUT2D eigenvalue weighted by atomic mass is 10.5. The number of anilines is 3. The molecule has 102 valence electrons. The molecule has 1 rings (SSSR count). The van der Waals surface area contributed by atoms with Crippen molar-refractivity contribution in [2.24, 2.45) is 0 Å². The molecule has 2 N–H and O–H groups in total. The van der Waals surface area contributed by atoms with E-state index in [4.69, 9.17) is 0 Å². The minimum Gasteiger partial charge on any atom is -0.357 e. The average molecular weight is 260 g/mol. The van der Waals surface area contributed by atoms with Gasteiger partial charge in [-0.05, 0) is 13.8 Å². The molecule has 1 aromatic rings. The third kappa shape index (κ3) is 3.94. The fourth-order valence-corrected chi connectivity index (χ4v) is 1.37. The first-order valence-corrected chi connectivity index (χ1v) is 5.81. The second-order valence-electron chi connectivity index (χ2n) is 3.48. The van der Waals surface area contributed by atoms with Crippen LogP contribution in [-0.4, -0.2) is 48.1 Å². The molecule has 0 spiro atoms. The maximum absolute atomic E-state index is 12.1. The Labute approximate surface area is 105 Å². The summed E-state index contributed by atoms with van der Waals surface area (Å²) in [6.45, 7) is 4.93. The number of rotatable bonds is 7. The fraction of sp³-hybridized carbons (Fsp3) is 0.700. The Balaban J connectivity index is 2.93. The van der Waals surface area contributed by atoms with Gasteiger partial charge >= 0.3 is 0 Å². The van der Waals surface area contributed by atoms with Gasteiger partial charge in [0.2, 0.25) is 17.8 Å². The highest BCUT2D eigenvalue weighted by molar-refractivity contribution is 5.43. The molecule has 0 unspecified atom stereocenters. The number of hydrogen-bond donors (Lipinski definition) is 2. The van der Waals surface area contributed by atoms with E-state index in [1.165, 1.54) is 0 Å². The molecule has 1 heterocycles. The summed E-state index contributed by atoms with van der Waals surface area (Å²) in [5.74, 6) is 0.969. The normalized spacial score (nSPS) is 10.6. The molecule has 0 aliphatic carbocycles. The van der Waals surface area contributed by atoms with E-state index in [2.05, 4.69) is 25.6 Å². The molecule has 6 nitrogen and oxygen atoms in total. The zero-order chi connectivity index (χ0) is 13.5. The Morgan fingerprint density at radius 3 is 2.22 bits per heavy atom. The monoisotopic (exact) mass is 260 g/mol. The first-order chi connectivity index (χ1) is 8.60. The number of alkyl halides is 2. The van der Waals surface area contributed by atoms with Gasteiger partial charge in [-0.1, -0.05) is 0 Å². The lowest BCUT2D eigenvalue weighted by molar-refractivity contribution is 0.163. The van der Waals surface area contributed by atoms with Crippen LogP contribution in [0.1, 0.15) is 13.8 Å². The SMILES string of the molecule is CCN(CC)c1nc(NC)nc(NCC(F)F)n1. The van der Waals surface area contributed by atoms with E-state index in [0.29, 0.717) is 11.9 Å². The molecule has 0 saturated carbocycles. The number of nitrogens with one attached hydrogen (secondary N) is 2. The molecule has 0 fully saturated rings. The van der Waals surface area contributed by atoms with Crippen molar-refractivity contribution in [2.45, 2.75) is 20.3 Å². The molecule has 0 radical (unpaired) electrons. The van der Waals surface area contributed by atoms with Crippen molar-refractivity contribution >= 4 is 17.8 Å². The lowest BCUT2D eigenvalue weighted by Crippen LogP contribution is -2.25. The number of nitrogens with zero attached hydrogens (tertiary/aromatic N) is 4. The van der Waals surface area contributed by atoms with Crippen LogP contribution in [0.5, 0.6) is 0 Å². The minimum absolute atomic E-state index is 0.150. The number of hydrogen-bond acceptors (Lipinski definition) is 6. The van der Waals surface area contributed by atoms with Gasteiger partial charge in [0.1, 0.15) is 0 Å². The largest absolute Gasteiger partial charge is 0.357 e. The number of aromatic nitrogens is 3. The van der Waals surface area contributed by atoms with E-state index in [9.17, 15) is 8.78 Å². The molecule has 0 aromatic carbocycles. The van der Waals surface area contributed by atoms with Gasteiger partial charge in [0.25, 0.3) is 6.43 Å². The number of halogens is 2. The van der Waals surface area contributed by atoms with Gasteiger partial charge in [0.05, 0.1) is 6.54 Å². The van der Waals surface area contributed by atoms with Crippen molar-refractivity contribution in [1.82, 2.24) is 15.0 Å². The first-order valence-electron chi connectivity index (χ1n) is 5.81. The van der Waals surface area contributed by atoms with Crippen LogP contribution in [0.25, 0.3) is 0 Å². The second-order valence-corrected chi connectivity index (χ2v) is 3.48. The van der Waals surface area contributed by atoms with Crippen LogP contribution < -0.4 is 15.5 Å². The van der Waals surface area contributed by atoms with Crippen LogP contribution in [0.3, 0.4) is 0 Å². The maximum Gasteiger partial charge on any atom is 0.255 e. The summed E-state index contributed by atoms with van der Waals surface area (Å²) in [5, 5.41) is 5.27. The Bertz CT molecular complexity index is 369. The van der Waals surface area contributed by atoms with E-state index < -0.39 is 13.0 Å². The highest BCUT2D eigenvalue weighted by Gasteiger charge is 2.11. The van der Waals surface area contributed by atoms with Crippen LogP contribution in [-0.2, 0) is 0 Å². The third-order valence-corrected chi connectivity index (χ3v) is 2.31. The van der Waals surface area contributed by atoms with Gasteiger partial charge < -0.3 is 15.5 Å². The van der Waals surface area contributed by atoms with Crippen molar-refractivity contribution < 1.29 is 8.78 Å².